The van der Waals surface area contributed by atoms with Crippen molar-refractivity contribution in [1.29, 1.82) is 0 Å². The third kappa shape index (κ3) is 4.50. The Morgan fingerprint density at radius 3 is 1.41 bits per heavy atom. The summed E-state index contributed by atoms with van der Waals surface area (Å²) >= 11 is 0. The fraction of sp³-hybridized carbons (Fsp3) is 0.240. The number of ketones is 1. The van der Waals surface area contributed by atoms with Gasteiger partial charge in [-0.2, -0.15) is 0 Å². The van der Waals surface area contributed by atoms with Crippen LogP contribution in [0.5, 0.6) is 0 Å². The second-order valence-electron chi connectivity index (χ2n) is 8.20. The van der Waals surface area contributed by atoms with Crippen LogP contribution in [0.25, 0.3) is 11.6 Å². The van der Waals surface area contributed by atoms with Crippen molar-refractivity contribution >= 4 is 5.78 Å². The molecule has 0 radical (unpaired) electrons. The molecule has 0 saturated heterocycles. The zero-order valence-electron chi connectivity index (χ0n) is 18.2. The molecule has 6 rings (SSSR count). The molecule has 0 saturated carbocycles. The summed E-state index contributed by atoms with van der Waals surface area (Å²) in [6.45, 7) is 6.74. The zero-order valence-corrected chi connectivity index (χ0v) is 21.4. The first-order valence-electron chi connectivity index (χ1n) is 10.4. The molecule has 2 aliphatic rings. The lowest BCUT2D eigenvalue weighted by Gasteiger charge is -2.15. The summed E-state index contributed by atoms with van der Waals surface area (Å²) in [7, 11) is 0. The van der Waals surface area contributed by atoms with Crippen molar-refractivity contribution in [2.24, 2.45) is 0 Å². The molecular formula is C25H26Br2N4O. The molecule has 0 unspecified atom stereocenters. The number of halogens is 2. The highest BCUT2D eigenvalue weighted by atomic mass is 79.9. The average molecular weight is 558 g/mol. The van der Waals surface area contributed by atoms with Gasteiger partial charge in [0.15, 0.2) is 0 Å². The van der Waals surface area contributed by atoms with Gasteiger partial charge < -0.3 is 38.8 Å². The number of benzene rings is 2. The molecule has 0 bridgehead atoms. The van der Waals surface area contributed by atoms with Crippen LogP contribution >= 0.6 is 0 Å². The quantitative estimate of drug-likeness (QED) is 0.183. The van der Waals surface area contributed by atoms with Gasteiger partial charge in [0, 0.05) is 22.3 Å². The van der Waals surface area contributed by atoms with Gasteiger partial charge in [0.2, 0.25) is 0 Å². The van der Waals surface area contributed by atoms with Gasteiger partial charge in [-0.3, -0.25) is 0 Å². The lowest BCUT2D eigenvalue weighted by atomic mass is 10.1. The zero-order chi connectivity index (χ0) is 20.7. The molecule has 0 atom stereocenters. The molecule has 32 heavy (non-hydrogen) atoms. The molecule has 2 aromatic heterocycles. The van der Waals surface area contributed by atoms with Crippen LogP contribution in [0.2, 0.25) is 0 Å². The smallest absolute Gasteiger partial charge is 0.373 e. The van der Waals surface area contributed by atoms with Crippen LogP contribution in [0.4, 0.5) is 0 Å². The van der Waals surface area contributed by atoms with E-state index in [1.165, 1.54) is 47.8 Å². The Morgan fingerprint density at radius 2 is 1.03 bits per heavy atom. The van der Waals surface area contributed by atoms with E-state index in [1.54, 1.807) is 0 Å². The van der Waals surface area contributed by atoms with Crippen LogP contribution in [0, 0.1) is 0 Å². The molecule has 4 aromatic rings. The highest BCUT2D eigenvalue weighted by molar-refractivity contribution is 5.72. The number of nitrogens with zero attached hydrogens (tertiary/aromatic N) is 4. The Hall–Kier alpha value is -2.51. The Kier molecular flexibility index (Phi) is 7.51. The Balaban J connectivity index is 0.000000448. The number of hydrogen-bond acceptors (Lipinski definition) is 1. The van der Waals surface area contributed by atoms with Crippen LogP contribution < -0.4 is 43.1 Å². The number of imidazole rings is 2. The van der Waals surface area contributed by atoms with Crippen LogP contribution in [0.1, 0.15) is 36.1 Å². The first-order valence-corrected chi connectivity index (χ1v) is 10.4. The van der Waals surface area contributed by atoms with E-state index in [9.17, 15) is 4.79 Å². The number of fused-ring (bicyclic) bond motifs is 2. The fourth-order valence-corrected chi connectivity index (χ4v) is 4.42. The number of carbonyl (C=O) groups excluding carboxylic acids is 1. The van der Waals surface area contributed by atoms with E-state index in [0.29, 0.717) is 0 Å². The minimum absolute atomic E-state index is 0. The van der Waals surface area contributed by atoms with Gasteiger partial charge in [0.25, 0.3) is 0 Å². The molecule has 0 fully saturated rings. The maximum Gasteiger partial charge on any atom is 0.373 e. The van der Waals surface area contributed by atoms with Crippen molar-refractivity contribution in [2.45, 2.75) is 40.0 Å². The number of carbonyl (C=O) groups is 1. The highest BCUT2D eigenvalue weighted by Crippen LogP contribution is 2.24. The van der Waals surface area contributed by atoms with E-state index in [0.717, 1.165) is 26.2 Å². The lowest BCUT2D eigenvalue weighted by Crippen LogP contribution is -3.00. The Bertz CT molecular complexity index is 1080. The summed E-state index contributed by atoms with van der Waals surface area (Å²) in [6, 6.07) is 17.6. The van der Waals surface area contributed by atoms with Crippen molar-refractivity contribution in [2.75, 3.05) is 0 Å². The molecule has 0 N–H and O–H groups in total. The van der Waals surface area contributed by atoms with Crippen molar-refractivity contribution < 1.29 is 47.9 Å². The second kappa shape index (κ2) is 9.96. The number of hydrogen-bond donors (Lipinski definition) is 0. The molecule has 7 heteroatoms. The van der Waals surface area contributed by atoms with Crippen molar-refractivity contribution in [3.63, 3.8) is 0 Å². The molecule has 166 valence electrons. The molecule has 2 aromatic carbocycles. The van der Waals surface area contributed by atoms with Crippen molar-refractivity contribution in [3.8, 4) is 11.6 Å². The summed E-state index contributed by atoms with van der Waals surface area (Å²) in [5.41, 5.74) is 5.61. The molecule has 5 nitrogen and oxygen atoms in total. The van der Waals surface area contributed by atoms with E-state index < -0.39 is 0 Å². The number of aromatic nitrogens is 4. The largest absolute Gasteiger partial charge is 1.00 e. The fourth-order valence-electron chi connectivity index (χ4n) is 4.42. The average Bonchev–Trinajstić information content (AvgIpc) is 3.23. The highest BCUT2D eigenvalue weighted by Gasteiger charge is 2.36. The summed E-state index contributed by atoms with van der Waals surface area (Å²) in [5.74, 6) is 2.75. The molecule has 2 aliphatic heterocycles. The summed E-state index contributed by atoms with van der Waals surface area (Å²) in [6.07, 6.45) is 8.92. The maximum absolute atomic E-state index is 9.44. The van der Waals surface area contributed by atoms with Crippen LogP contribution in [-0.2, 0) is 31.0 Å². The molecule has 4 heterocycles. The number of Topliss-reactive ketones (excluding diaryl/α,β-unsaturated/α-hetero) is 1. The summed E-state index contributed by atoms with van der Waals surface area (Å²) in [4.78, 5) is 9.44. The maximum atomic E-state index is 9.44. The first kappa shape index (κ1) is 24.1. The molecular weight excluding hydrogens is 532 g/mol. The van der Waals surface area contributed by atoms with Gasteiger partial charge in [0.05, 0.1) is 0 Å². The predicted molar refractivity (Wildman–Crippen MR) is 114 cm³/mol. The van der Waals surface area contributed by atoms with Gasteiger partial charge >= 0.3 is 11.6 Å². The predicted octanol–water partition coefficient (Wildman–Crippen LogP) is -3.05. The minimum Gasteiger partial charge on any atom is -1.00 e. The van der Waals surface area contributed by atoms with E-state index >= 15 is 0 Å². The molecule has 0 amide bonds. The van der Waals surface area contributed by atoms with Gasteiger partial charge in [-0.25, -0.2) is 18.3 Å². The lowest BCUT2D eigenvalue weighted by molar-refractivity contribution is -0.707. The third-order valence-corrected chi connectivity index (χ3v) is 5.74. The van der Waals surface area contributed by atoms with Gasteiger partial charge in [-0.1, -0.05) is 48.5 Å². The molecule has 0 aliphatic carbocycles. The van der Waals surface area contributed by atoms with E-state index in [1.807, 2.05) is 0 Å². The van der Waals surface area contributed by atoms with E-state index in [4.69, 9.17) is 0 Å². The van der Waals surface area contributed by atoms with Crippen molar-refractivity contribution in [1.82, 2.24) is 9.13 Å². The van der Waals surface area contributed by atoms with Crippen LogP contribution in [0.3, 0.4) is 0 Å². The number of rotatable bonds is 0. The van der Waals surface area contributed by atoms with Gasteiger partial charge in [-0.15, -0.1) is 0 Å². The Labute approximate surface area is 209 Å². The minimum atomic E-state index is 0. The van der Waals surface area contributed by atoms with Crippen LogP contribution in [-0.4, -0.2) is 14.9 Å². The van der Waals surface area contributed by atoms with E-state index in [-0.39, 0.29) is 39.7 Å². The Morgan fingerprint density at radius 1 is 0.688 bits per heavy atom. The van der Waals surface area contributed by atoms with Gasteiger partial charge in [-0.05, 0) is 13.8 Å². The van der Waals surface area contributed by atoms with E-state index in [2.05, 4.69) is 91.6 Å². The first-order chi connectivity index (χ1) is 14.6. The third-order valence-electron chi connectivity index (χ3n) is 5.74. The van der Waals surface area contributed by atoms with Crippen molar-refractivity contribution in [3.05, 3.63) is 95.6 Å². The summed E-state index contributed by atoms with van der Waals surface area (Å²) in [5, 5.41) is 0. The second-order valence-corrected chi connectivity index (χ2v) is 8.20. The standard InChI is InChI=1S/C22H20N4.C3H6O.2BrH/c1-2-6-18-14-24-11-12-26-16-20-8-4-3-7-19(20)15-25-10-9-23(13-17(18)5-1)21(25)22(24)26;1-3(2)4;;/h1-12H,13-16H2;1-2H3;2*1H/q+2;;;/p-2. The monoisotopic (exact) mass is 556 g/mol. The molecule has 0 spiro atoms. The topological polar surface area (TPSA) is 34.7 Å². The summed E-state index contributed by atoms with van der Waals surface area (Å²) < 4.78 is 9.59. The SMILES string of the molecule is CC(C)=O.[Br-].[Br-].c1ccc2c(c1)Cn1cc[n+]3c1-c1n(cc[n+]1C2)Cc1ccccc1C3. The van der Waals surface area contributed by atoms with Gasteiger partial charge in [0.1, 0.15) is 56.7 Å². The van der Waals surface area contributed by atoms with Crippen LogP contribution in [0.15, 0.2) is 73.3 Å². The normalized spacial score (nSPS) is 12.4.